The number of rotatable bonds is 4. The van der Waals surface area contributed by atoms with Gasteiger partial charge in [0.25, 0.3) is 11.4 Å². The van der Waals surface area contributed by atoms with Crippen LogP contribution in [0.15, 0.2) is 48.8 Å². The Labute approximate surface area is 162 Å². The summed E-state index contributed by atoms with van der Waals surface area (Å²) >= 11 is 0. The molecule has 2 aromatic carbocycles. The van der Waals surface area contributed by atoms with Crippen molar-refractivity contribution in [2.75, 3.05) is 0 Å². The molecule has 4 rings (SSSR count). The molecule has 0 aliphatic heterocycles. The molecule has 0 aliphatic rings. The number of nitro groups is 2. The van der Waals surface area contributed by atoms with Gasteiger partial charge in [-0.2, -0.15) is 0 Å². The standard InChI is InChI=1S/C19H12N4O6/c24-15-9-10(18(23(28)29)13-4-2-5-20-16(13)15)7-11-8-14(22(26)27)12-3-1-6-21-17(12)19(11)25/h1-6,8-9,24-25H,7H2. The van der Waals surface area contributed by atoms with Crippen LogP contribution in [0.1, 0.15) is 11.1 Å². The minimum atomic E-state index is -0.608. The van der Waals surface area contributed by atoms with Crippen LogP contribution >= 0.6 is 0 Å². The van der Waals surface area contributed by atoms with Crippen molar-refractivity contribution in [3.8, 4) is 11.5 Å². The van der Waals surface area contributed by atoms with E-state index in [0.29, 0.717) is 0 Å². The minimum absolute atomic E-state index is 0.0195. The number of non-ortho nitro benzene ring substituents is 1. The smallest absolute Gasteiger partial charge is 0.282 e. The van der Waals surface area contributed by atoms with Crippen molar-refractivity contribution < 1.29 is 20.1 Å². The van der Waals surface area contributed by atoms with Crippen LogP contribution in [0.3, 0.4) is 0 Å². The SMILES string of the molecule is O=[N+]([O-])c1cc(Cc2cc(O)c3ncccc3c2[N+](=O)[O-])c(O)c2ncccc12. The molecule has 29 heavy (non-hydrogen) atoms. The molecular weight excluding hydrogens is 380 g/mol. The van der Waals surface area contributed by atoms with Crippen LogP contribution in [0.25, 0.3) is 21.8 Å². The first-order valence-electron chi connectivity index (χ1n) is 8.36. The summed E-state index contributed by atoms with van der Waals surface area (Å²) < 4.78 is 0. The zero-order valence-electron chi connectivity index (χ0n) is 14.6. The van der Waals surface area contributed by atoms with E-state index >= 15 is 0 Å². The van der Waals surface area contributed by atoms with Crippen molar-refractivity contribution in [2.45, 2.75) is 6.42 Å². The molecule has 0 bridgehead atoms. The highest BCUT2D eigenvalue weighted by atomic mass is 16.6. The monoisotopic (exact) mass is 392 g/mol. The van der Waals surface area contributed by atoms with Gasteiger partial charge < -0.3 is 10.2 Å². The molecule has 10 nitrogen and oxygen atoms in total. The maximum Gasteiger partial charge on any atom is 0.282 e. The van der Waals surface area contributed by atoms with Gasteiger partial charge >= 0.3 is 0 Å². The van der Waals surface area contributed by atoms with Gasteiger partial charge in [-0.15, -0.1) is 0 Å². The lowest BCUT2D eigenvalue weighted by Gasteiger charge is -2.11. The number of nitrogens with zero attached hydrogens (tertiary/aromatic N) is 4. The summed E-state index contributed by atoms with van der Waals surface area (Å²) in [5.41, 5.74) is -0.338. The largest absolute Gasteiger partial charge is 0.506 e. The Morgan fingerprint density at radius 1 is 0.862 bits per heavy atom. The molecule has 0 unspecified atom stereocenters. The predicted molar refractivity (Wildman–Crippen MR) is 103 cm³/mol. The van der Waals surface area contributed by atoms with Crippen molar-refractivity contribution in [3.05, 3.63) is 80.1 Å². The van der Waals surface area contributed by atoms with Gasteiger partial charge in [0.15, 0.2) is 0 Å². The average Bonchev–Trinajstić information content (AvgIpc) is 2.70. The maximum absolute atomic E-state index is 11.7. The van der Waals surface area contributed by atoms with E-state index in [1.807, 2.05) is 0 Å². The van der Waals surface area contributed by atoms with E-state index in [4.69, 9.17) is 0 Å². The van der Waals surface area contributed by atoms with Crippen LogP contribution in [-0.4, -0.2) is 30.0 Å². The second-order valence-electron chi connectivity index (χ2n) is 6.30. The van der Waals surface area contributed by atoms with E-state index in [-0.39, 0.29) is 62.2 Å². The Balaban J connectivity index is 1.97. The van der Waals surface area contributed by atoms with Crippen LogP contribution in [-0.2, 0) is 6.42 Å². The highest BCUT2D eigenvalue weighted by molar-refractivity contribution is 5.95. The van der Waals surface area contributed by atoms with Gasteiger partial charge in [0.1, 0.15) is 22.5 Å². The van der Waals surface area contributed by atoms with Gasteiger partial charge in [-0.25, -0.2) is 0 Å². The maximum atomic E-state index is 11.7. The Morgan fingerprint density at radius 2 is 1.52 bits per heavy atom. The van der Waals surface area contributed by atoms with Crippen LogP contribution in [0, 0.1) is 20.2 Å². The van der Waals surface area contributed by atoms with Crippen LogP contribution in [0.2, 0.25) is 0 Å². The summed E-state index contributed by atoms with van der Waals surface area (Å²) in [5, 5.41) is 44.3. The van der Waals surface area contributed by atoms with Crippen LogP contribution < -0.4 is 0 Å². The second-order valence-corrected chi connectivity index (χ2v) is 6.30. The number of benzene rings is 2. The molecule has 4 aromatic rings. The average molecular weight is 392 g/mol. The lowest BCUT2D eigenvalue weighted by Crippen LogP contribution is -2.01. The van der Waals surface area contributed by atoms with Crippen LogP contribution in [0.5, 0.6) is 11.5 Å². The molecule has 0 radical (unpaired) electrons. The summed E-state index contributed by atoms with van der Waals surface area (Å²) in [5.74, 6) is -0.583. The van der Waals surface area contributed by atoms with E-state index in [1.165, 1.54) is 42.7 Å². The number of phenols is 2. The predicted octanol–water partition coefficient (Wildman–Crippen LogP) is 3.60. The first-order chi connectivity index (χ1) is 13.9. The second kappa shape index (κ2) is 6.68. The van der Waals surface area contributed by atoms with E-state index < -0.39 is 9.85 Å². The van der Waals surface area contributed by atoms with Gasteiger partial charge in [0.2, 0.25) is 0 Å². The molecule has 0 saturated carbocycles. The fraction of sp³-hybridized carbons (Fsp3) is 0.0526. The number of phenolic OH excluding ortho intramolecular Hbond substituents is 2. The zero-order valence-corrected chi connectivity index (χ0v) is 14.6. The molecule has 0 spiro atoms. The Bertz CT molecular complexity index is 1320. The van der Waals surface area contributed by atoms with Crippen molar-refractivity contribution >= 4 is 33.2 Å². The molecule has 0 fully saturated rings. The van der Waals surface area contributed by atoms with Crippen molar-refractivity contribution in [3.63, 3.8) is 0 Å². The van der Waals surface area contributed by atoms with Gasteiger partial charge in [-0.3, -0.25) is 30.2 Å². The molecule has 0 atom stereocenters. The van der Waals surface area contributed by atoms with Crippen LogP contribution in [0.4, 0.5) is 11.4 Å². The van der Waals surface area contributed by atoms with E-state index in [2.05, 4.69) is 9.97 Å². The molecule has 10 heteroatoms. The lowest BCUT2D eigenvalue weighted by molar-refractivity contribution is -0.383. The third-order valence-corrected chi connectivity index (χ3v) is 4.60. The molecule has 2 N–H and O–H groups in total. The van der Waals surface area contributed by atoms with E-state index in [9.17, 15) is 30.4 Å². The molecule has 144 valence electrons. The van der Waals surface area contributed by atoms with Crippen molar-refractivity contribution in [1.29, 1.82) is 0 Å². The molecule has 0 aliphatic carbocycles. The third-order valence-electron chi connectivity index (χ3n) is 4.60. The number of pyridine rings is 2. The Kier molecular flexibility index (Phi) is 4.15. The van der Waals surface area contributed by atoms with E-state index in [1.54, 1.807) is 0 Å². The number of fused-ring (bicyclic) bond motifs is 2. The topological polar surface area (TPSA) is 153 Å². The van der Waals surface area contributed by atoms with Gasteiger partial charge in [-0.1, -0.05) is 0 Å². The highest BCUT2D eigenvalue weighted by Crippen LogP contribution is 2.39. The molecular formula is C19H12N4O6. The number of aromatic hydroxyl groups is 2. The lowest BCUT2D eigenvalue weighted by atomic mass is 9.97. The normalized spacial score (nSPS) is 11.0. The number of hydrogen-bond donors (Lipinski definition) is 2. The van der Waals surface area contributed by atoms with Gasteiger partial charge in [0, 0.05) is 36.0 Å². The Morgan fingerprint density at radius 3 is 2.17 bits per heavy atom. The molecule has 2 aromatic heterocycles. The number of nitro benzene ring substituents is 2. The summed E-state index contributed by atoms with van der Waals surface area (Å²) in [6.45, 7) is 0. The molecule has 0 saturated heterocycles. The quantitative estimate of drug-likeness (QED) is 0.394. The number of aromatic nitrogens is 2. The molecule has 0 amide bonds. The molecule has 2 heterocycles. The minimum Gasteiger partial charge on any atom is -0.506 e. The first kappa shape index (κ1) is 18.0. The summed E-state index contributed by atoms with van der Waals surface area (Å²) in [4.78, 5) is 29.9. The summed E-state index contributed by atoms with van der Waals surface area (Å²) in [6.07, 6.45) is 2.55. The highest BCUT2D eigenvalue weighted by Gasteiger charge is 2.25. The van der Waals surface area contributed by atoms with Gasteiger partial charge in [-0.05, 0) is 30.3 Å². The third kappa shape index (κ3) is 2.92. The zero-order chi connectivity index (χ0) is 20.7. The van der Waals surface area contributed by atoms with Crippen molar-refractivity contribution in [1.82, 2.24) is 9.97 Å². The number of hydrogen-bond acceptors (Lipinski definition) is 8. The Hall–Kier alpha value is -4.34. The summed E-state index contributed by atoms with van der Waals surface area (Å²) in [6, 6.07) is 8.26. The summed E-state index contributed by atoms with van der Waals surface area (Å²) in [7, 11) is 0. The first-order valence-corrected chi connectivity index (χ1v) is 8.36. The fourth-order valence-electron chi connectivity index (χ4n) is 3.38. The van der Waals surface area contributed by atoms with Crippen molar-refractivity contribution in [2.24, 2.45) is 0 Å². The van der Waals surface area contributed by atoms with Gasteiger partial charge in [0.05, 0.1) is 20.6 Å². The fourth-order valence-corrected chi connectivity index (χ4v) is 3.38. The van der Waals surface area contributed by atoms with E-state index in [0.717, 1.165) is 6.07 Å².